The Kier molecular flexibility index (Phi) is 2.54. The molecule has 1 nitrogen and oxygen atoms in total. The summed E-state index contributed by atoms with van der Waals surface area (Å²) < 4.78 is 2.26. The minimum Gasteiger partial charge on any atom is -0.201 e. The molecule has 2 aromatic rings. The number of hydrogen-bond acceptors (Lipinski definition) is 0. The molecule has 2 aliphatic rings. The summed E-state index contributed by atoms with van der Waals surface area (Å²) in [6.45, 7) is 4.51. The van der Waals surface area contributed by atoms with Gasteiger partial charge in [0.05, 0.1) is 0 Å². The fraction of sp³-hybridized carbons (Fsp3) is 0.421. The van der Waals surface area contributed by atoms with Gasteiger partial charge in [-0.15, -0.1) is 0 Å². The van der Waals surface area contributed by atoms with E-state index in [1.807, 2.05) is 0 Å². The second kappa shape index (κ2) is 4.18. The Morgan fingerprint density at radius 2 is 1.90 bits per heavy atom. The van der Waals surface area contributed by atoms with Crippen LogP contribution >= 0.6 is 0 Å². The number of pyridine rings is 1. The first-order chi connectivity index (χ1) is 9.65. The molecular formula is C19H22N+. The Balaban J connectivity index is 1.98. The van der Waals surface area contributed by atoms with Crippen molar-refractivity contribution in [2.45, 2.75) is 45.4 Å². The number of benzene rings is 1. The van der Waals surface area contributed by atoms with Crippen LogP contribution in [0, 0.1) is 13.8 Å². The molecule has 0 spiro atoms. The zero-order valence-electron chi connectivity index (χ0n) is 12.7. The zero-order valence-corrected chi connectivity index (χ0v) is 12.7. The van der Waals surface area contributed by atoms with Crippen molar-refractivity contribution in [3.05, 3.63) is 52.2 Å². The second-order valence-corrected chi connectivity index (χ2v) is 6.57. The van der Waals surface area contributed by atoms with Crippen LogP contribution < -0.4 is 4.57 Å². The Hall–Kier alpha value is -1.63. The largest absolute Gasteiger partial charge is 0.212 e. The molecule has 1 aromatic carbocycles. The predicted octanol–water partition coefficient (Wildman–Crippen LogP) is 3.77. The van der Waals surface area contributed by atoms with Crippen LogP contribution in [0.2, 0.25) is 0 Å². The van der Waals surface area contributed by atoms with E-state index in [1.165, 1.54) is 48.1 Å². The molecule has 1 heteroatoms. The van der Waals surface area contributed by atoms with E-state index in [0.717, 1.165) is 5.92 Å². The van der Waals surface area contributed by atoms with E-state index < -0.39 is 0 Å². The number of rotatable bonds is 1. The molecule has 2 aliphatic carbocycles. The zero-order chi connectivity index (χ0) is 13.9. The topological polar surface area (TPSA) is 3.88 Å². The first-order valence-electron chi connectivity index (χ1n) is 7.77. The molecule has 1 unspecified atom stereocenters. The summed E-state index contributed by atoms with van der Waals surface area (Å²) in [6, 6.07) is 6.98. The molecule has 1 atom stereocenters. The van der Waals surface area contributed by atoms with E-state index in [2.05, 4.69) is 49.9 Å². The van der Waals surface area contributed by atoms with Gasteiger partial charge in [-0.2, -0.15) is 0 Å². The van der Waals surface area contributed by atoms with Crippen molar-refractivity contribution >= 4 is 0 Å². The van der Waals surface area contributed by atoms with Crippen molar-refractivity contribution in [1.29, 1.82) is 0 Å². The molecular weight excluding hydrogens is 242 g/mol. The van der Waals surface area contributed by atoms with Crippen molar-refractivity contribution in [2.75, 3.05) is 0 Å². The lowest BCUT2D eigenvalue weighted by atomic mass is 9.92. The molecule has 0 aliphatic heterocycles. The van der Waals surface area contributed by atoms with Crippen molar-refractivity contribution in [3.63, 3.8) is 0 Å². The third-order valence-corrected chi connectivity index (χ3v) is 5.34. The van der Waals surface area contributed by atoms with Crippen LogP contribution in [0.5, 0.6) is 0 Å². The van der Waals surface area contributed by atoms with Gasteiger partial charge in [-0.25, -0.2) is 4.57 Å². The van der Waals surface area contributed by atoms with Gasteiger partial charge in [0.2, 0.25) is 5.69 Å². The van der Waals surface area contributed by atoms with E-state index in [4.69, 9.17) is 0 Å². The molecule has 0 saturated heterocycles. The predicted molar refractivity (Wildman–Crippen MR) is 81.9 cm³/mol. The van der Waals surface area contributed by atoms with Crippen LogP contribution in [0.15, 0.2) is 24.4 Å². The summed E-state index contributed by atoms with van der Waals surface area (Å²) in [5, 5.41) is 0. The fourth-order valence-electron chi connectivity index (χ4n) is 4.25. The second-order valence-electron chi connectivity index (χ2n) is 6.57. The molecule has 1 aromatic heterocycles. The highest BCUT2D eigenvalue weighted by atomic mass is 14.9. The van der Waals surface area contributed by atoms with Gasteiger partial charge in [-0.05, 0) is 79.3 Å². The van der Waals surface area contributed by atoms with Crippen LogP contribution in [-0.2, 0) is 19.9 Å². The van der Waals surface area contributed by atoms with Crippen LogP contribution in [0.4, 0.5) is 0 Å². The molecule has 4 rings (SSSR count). The average molecular weight is 264 g/mol. The van der Waals surface area contributed by atoms with Gasteiger partial charge in [0.1, 0.15) is 7.05 Å². The molecule has 0 N–H and O–H groups in total. The van der Waals surface area contributed by atoms with Crippen molar-refractivity contribution < 1.29 is 4.57 Å². The summed E-state index contributed by atoms with van der Waals surface area (Å²) >= 11 is 0. The number of hydrogen-bond donors (Lipinski definition) is 0. The summed E-state index contributed by atoms with van der Waals surface area (Å²) in [7, 11) is 2.16. The number of aromatic nitrogens is 1. The first kappa shape index (κ1) is 12.1. The quantitative estimate of drug-likeness (QED) is 0.690. The van der Waals surface area contributed by atoms with Crippen LogP contribution in [0.3, 0.4) is 0 Å². The van der Waals surface area contributed by atoms with Gasteiger partial charge in [0.15, 0.2) is 6.20 Å². The number of aryl methyl sites for hydroxylation is 3. The van der Waals surface area contributed by atoms with E-state index in [0.29, 0.717) is 0 Å². The Bertz CT molecular complexity index is 712. The molecule has 0 bridgehead atoms. The summed E-state index contributed by atoms with van der Waals surface area (Å²) in [5.41, 5.74) is 10.7. The van der Waals surface area contributed by atoms with Crippen molar-refractivity contribution in [1.82, 2.24) is 0 Å². The van der Waals surface area contributed by atoms with Gasteiger partial charge in [0.25, 0.3) is 0 Å². The average Bonchev–Trinajstić information content (AvgIpc) is 3.02. The normalized spacial score (nSPS) is 19.4. The lowest BCUT2D eigenvalue weighted by molar-refractivity contribution is -0.660. The fourth-order valence-corrected chi connectivity index (χ4v) is 4.25. The van der Waals surface area contributed by atoms with E-state index in [9.17, 15) is 0 Å². The van der Waals surface area contributed by atoms with Crippen LogP contribution in [-0.4, -0.2) is 0 Å². The maximum Gasteiger partial charge on any atom is 0.212 e. The van der Waals surface area contributed by atoms with Gasteiger partial charge in [-0.1, -0.05) is 0 Å². The smallest absolute Gasteiger partial charge is 0.201 e. The Morgan fingerprint density at radius 3 is 2.75 bits per heavy atom. The summed E-state index contributed by atoms with van der Waals surface area (Å²) in [5.74, 6) is 0.874. The van der Waals surface area contributed by atoms with Gasteiger partial charge >= 0.3 is 0 Å². The molecule has 102 valence electrons. The summed E-state index contributed by atoms with van der Waals surface area (Å²) in [4.78, 5) is 0. The molecule has 0 fully saturated rings. The van der Waals surface area contributed by atoms with Crippen molar-refractivity contribution in [3.8, 4) is 11.3 Å². The third kappa shape index (κ3) is 1.59. The molecule has 20 heavy (non-hydrogen) atoms. The lowest BCUT2D eigenvalue weighted by Gasteiger charge is -2.13. The minimum atomic E-state index is 0.874. The summed E-state index contributed by atoms with van der Waals surface area (Å²) in [6.07, 6.45) is 7.52. The lowest BCUT2D eigenvalue weighted by Crippen LogP contribution is -2.30. The highest BCUT2D eigenvalue weighted by Gasteiger charge is 2.33. The first-order valence-corrected chi connectivity index (χ1v) is 7.77. The molecule has 0 radical (unpaired) electrons. The van der Waals surface area contributed by atoms with E-state index >= 15 is 0 Å². The van der Waals surface area contributed by atoms with E-state index in [1.54, 1.807) is 16.7 Å². The number of nitrogens with zero attached hydrogens (tertiary/aromatic N) is 1. The van der Waals surface area contributed by atoms with Crippen LogP contribution in [0.25, 0.3) is 11.3 Å². The van der Waals surface area contributed by atoms with Gasteiger partial charge in [0, 0.05) is 17.7 Å². The SMILES string of the molecule is Cc1cc[n+](C)c(-c2cc3c4c(c2C)CCC4CC3)c1. The van der Waals surface area contributed by atoms with Crippen molar-refractivity contribution in [2.24, 2.45) is 7.05 Å². The minimum absolute atomic E-state index is 0.874. The maximum absolute atomic E-state index is 2.48. The standard InChI is InChI=1S/C19H22N/c1-12-8-9-20(3)18(10-12)17-11-15-5-4-14-6-7-16(13(17)2)19(14)15/h8-11,14H,4-7H2,1-3H3/q+1. The van der Waals surface area contributed by atoms with Crippen LogP contribution in [0.1, 0.15) is 46.6 Å². The Morgan fingerprint density at radius 1 is 1.10 bits per heavy atom. The van der Waals surface area contributed by atoms with E-state index in [-0.39, 0.29) is 0 Å². The third-order valence-electron chi connectivity index (χ3n) is 5.34. The highest BCUT2D eigenvalue weighted by Crippen LogP contribution is 2.47. The van der Waals surface area contributed by atoms with Gasteiger partial charge in [-0.3, -0.25) is 0 Å². The maximum atomic E-state index is 2.48. The molecule has 0 amide bonds. The molecule has 1 heterocycles. The highest BCUT2D eigenvalue weighted by molar-refractivity contribution is 5.68. The molecule has 0 saturated carbocycles. The Labute approximate surface area is 121 Å². The monoisotopic (exact) mass is 264 g/mol. The van der Waals surface area contributed by atoms with Gasteiger partial charge < -0.3 is 0 Å².